The van der Waals surface area contributed by atoms with E-state index in [2.05, 4.69) is 15.0 Å². The maximum atomic E-state index is 16.7. The van der Waals surface area contributed by atoms with Crippen molar-refractivity contribution >= 4 is 49.0 Å². The van der Waals surface area contributed by atoms with Gasteiger partial charge < -0.3 is 29.9 Å². The number of phenolic OH excluding ortho intramolecular Hbond substituents is 1. The monoisotopic (exact) mass is 881 g/mol. The van der Waals surface area contributed by atoms with E-state index in [9.17, 15) is 33.5 Å². The number of fused-ring (bicyclic) bond motifs is 4. The number of rotatable bonds is 7. The Bertz CT molecular complexity index is 2590. The number of phosphoric acid groups is 1. The van der Waals surface area contributed by atoms with E-state index in [0.29, 0.717) is 21.5 Å². The number of ether oxygens (including phenoxy) is 3. The second-order valence-corrected chi connectivity index (χ2v) is 18.6. The maximum Gasteiger partial charge on any atom is 0.472 e. The van der Waals surface area contributed by atoms with E-state index in [0.717, 1.165) is 29.5 Å². The molecule has 5 N–H and O–H groups in total. The molecule has 2 bridgehead atoms. The van der Waals surface area contributed by atoms with Crippen molar-refractivity contribution in [2.45, 2.75) is 55.0 Å². The maximum absolute atomic E-state index is 16.7. The van der Waals surface area contributed by atoms with Crippen molar-refractivity contribution < 1.29 is 65.0 Å². The van der Waals surface area contributed by atoms with Crippen molar-refractivity contribution in [2.75, 3.05) is 18.9 Å². The van der Waals surface area contributed by atoms with E-state index >= 15 is 8.78 Å². The van der Waals surface area contributed by atoms with Crippen LogP contribution >= 0.6 is 26.0 Å². The zero-order chi connectivity index (χ0) is 41.6. The predicted octanol–water partition coefficient (Wildman–Crippen LogP) is 3.31. The molecule has 312 valence electrons. The van der Waals surface area contributed by atoms with Gasteiger partial charge in [0, 0.05) is 18.0 Å². The Morgan fingerprint density at radius 3 is 2.39 bits per heavy atom. The van der Waals surface area contributed by atoms with Crippen molar-refractivity contribution in [1.29, 1.82) is 0 Å². The first-order chi connectivity index (χ1) is 28.2. The molecule has 0 saturated carbocycles. The smallest absolute Gasteiger partial charge is 0.472 e. The van der Waals surface area contributed by atoms with Crippen LogP contribution in [0.1, 0.15) is 28.4 Å². The Morgan fingerprint density at radius 1 is 0.915 bits per heavy atom. The standard InChI is InChI=1S/C33H31F2N7O14P2S/c34-23-20-11-51-58(49,59-13-16-1-7-19(8-2-16)52-32(45)17-3-5-18(43)6-4-17)56-26-21(54-30(24(26)35)42-15-39-25-28(36)37-14-38-29(25)42)12-50-57(47,48)55-27(23)31(53-20)41-10-9-22(44)40-33(41)46/h1-10,14-15,20-21,23-24,26-27,30-31,43H,11-13H2,(H,47,48)(H2,36,37,38)(H,40,44,46)/t20-,21-,23-,24?,26-,27-,30?,31?,58?/m1/s1. The number of hydrogen-bond acceptors (Lipinski definition) is 18. The van der Waals surface area contributed by atoms with Crippen LogP contribution in [-0.2, 0) is 42.5 Å². The normalized spacial score (nSPS) is 31.2. The lowest BCUT2D eigenvalue weighted by Gasteiger charge is -2.27. The van der Waals surface area contributed by atoms with Crippen molar-refractivity contribution in [3.05, 3.63) is 105 Å². The molecule has 0 radical (unpaired) electrons. The third-order valence-electron chi connectivity index (χ3n) is 9.25. The molecule has 6 heterocycles. The number of anilines is 1. The van der Waals surface area contributed by atoms with Crippen LogP contribution in [0.3, 0.4) is 0 Å². The Hall–Kier alpha value is -4.87. The molecule has 3 aromatic heterocycles. The second kappa shape index (κ2) is 16.3. The summed E-state index contributed by atoms with van der Waals surface area (Å²) in [5.74, 6) is -0.746. The molecule has 8 rings (SSSR count). The highest BCUT2D eigenvalue weighted by Crippen LogP contribution is 2.65. The van der Waals surface area contributed by atoms with E-state index in [1.54, 1.807) is 0 Å². The number of phosphoric ester groups is 1. The highest BCUT2D eigenvalue weighted by Gasteiger charge is 2.55. The number of carbonyl (C=O) groups excluding carboxylic acids is 1. The fourth-order valence-electron chi connectivity index (χ4n) is 6.36. The number of nitrogens with zero attached hydrogens (tertiary/aromatic N) is 5. The molecular formula is C33H31F2N7O14P2S. The minimum absolute atomic E-state index is 0.0223. The number of H-pyrrole nitrogens is 1. The van der Waals surface area contributed by atoms with Crippen LogP contribution in [-0.4, -0.2) is 95.0 Å². The summed E-state index contributed by atoms with van der Waals surface area (Å²) in [5, 5.41) is 9.49. The molecule has 3 fully saturated rings. The molecule has 5 aromatic rings. The largest absolute Gasteiger partial charge is 0.508 e. The number of phenols is 1. The number of benzene rings is 2. The van der Waals surface area contributed by atoms with E-state index in [-0.39, 0.29) is 39.8 Å². The fraction of sp³-hybridized carbons (Fsp3) is 0.333. The summed E-state index contributed by atoms with van der Waals surface area (Å²) in [4.78, 5) is 61.8. The van der Waals surface area contributed by atoms with Gasteiger partial charge in [-0.3, -0.25) is 37.0 Å². The summed E-state index contributed by atoms with van der Waals surface area (Å²) in [6, 6.07) is 12.3. The topological polar surface area (TPSA) is 281 Å². The second-order valence-electron chi connectivity index (χ2n) is 13.1. The number of esters is 1. The highest BCUT2D eigenvalue weighted by atomic mass is 32.7. The Balaban J connectivity index is 1.08. The molecule has 10 atom stereocenters. The van der Waals surface area contributed by atoms with Gasteiger partial charge in [-0.1, -0.05) is 12.1 Å². The summed E-state index contributed by atoms with van der Waals surface area (Å²) in [7, 11) is -5.31. The van der Waals surface area contributed by atoms with Crippen LogP contribution in [0.25, 0.3) is 11.2 Å². The quantitative estimate of drug-likeness (QED) is 0.104. The lowest BCUT2D eigenvalue weighted by Crippen LogP contribution is -2.37. The van der Waals surface area contributed by atoms with E-state index < -0.39 is 94.3 Å². The van der Waals surface area contributed by atoms with Gasteiger partial charge in [-0.2, -0.15) is 0 Å². The van der Waals surface area contributed by atoms with Crippen LogP contribution in [0.2, 0.25) is 0 Å². The van der Waals surface area contributed by atoms with E-state index in [1.165, 1.54) is 48.5 Å². The molecule has 0 spiro atoms. The van der Waals surface area contributed by atoms with Gasteiger partial charge in [0.2, 0.25) is 0 Å². The molecule has 3 saturated heterocycles. The van der Waals surface area contributed by atoms with Gasteiger partial charge in [0.05, 0.1) is 25.1 Å². The number of aromatic amines is 1. The zero-order valence-electron chi connectivity index (χ0n) is 29.8. The average Bonchev–Trinajstić information content (AvgIpc) is 3.86. The Kier molecular flexibility index (Phi) is 11.3. The number of aromatic hydroxyl groups is 1. The lowest BCUT2D eigenvalue weighted by atomic mass is 10.1. The first-order valence-corrected chi connectivity index (χ1v) is 22.0. The van der Waals surface area contributed by atoms with Gasteiger partial charge >= 0.3 is 26.3 Å². The summed E-state index contributed by atoms with van der Waals surface area (Å²) in [6.07, 6.45) is -11.9. The Morgan fingerprint density at radius 2 is 1.64 bits per heavy atom. The third-order valence-corrected chi connectivity index (χ3v) is 13.9. The minimum Gasteiger partial charge on any atom is -0.508 e. The molecule has 3 aliphatic rings. The lowest BCUT2D eigenvalue weighted by molar-refractivity contribution is -0.0652. The molecule has 5 unspecified atom stereocenters. The first-order valence-electron chi connectivity index (χ1n) is 17.3. The van der Waals surface area contributed by atoms with Crippen LogP contribution in [0.15, 0.2) is 83.0 Å². The summed E-state index contributed by atoms with van der Waals surface area (Å²) in [6.45, 7) is -6.50. The molecular weight excluding hydrogens is 850 g/mol. The fourth-order valence-corrected chi connectivity index (χ4v) is 10.7. The number of nitrogen functional groups attached to an aromatic ring is 1. The molecule has 26 heteroatoms. The SMILES string of the molecule is Nc1ncnc2c1ncn2C1O[C@@H]2COP(=O)(O)O[C@H]3C(n4ccc(=O)[nH]c4=O)O[C@H](COP(=O)(SCc4ccc(OC(=O)c5ccc(O)cc5)cc4)O[C@H]2C1F)[C@H]3F. The number of halogens is 2. The molecule has 2 aromatic carbocycles. The molecule has 59 heavy (non-hydrogen) atoms. The van der Waals surface area contributed by atoms with Gasteiger partial charge in [-0.25, -0.2) is 42.5 Å². The Labute approximate surface area is 333 Å². The molecule has 0 amide bonds. The van der Waals surface area contributed by atoms with Crippen molar-refractivity contribution in [2.24, 2.45) is 0 Å². The zero-order valence-corrected chi connectivity index (χ0v) is 32.4. The number of nitrogens with two attached hydrogens (primary N) is 1. The van der Waals surface area contributed by atoms with Crippen molar-refractivity contribution in [3.8, 4) is 11.5 Å². The van der Waals surface area contributed by atoms with Crippen molar-refractivity contribution in [1.82, 2.24) is 29.1 Å². The van der Waals surface area contributed by atoms with E-state index in [4.69, 9.17) is 38.0 Å². The number of nitrogens with one attached hydrogen (secondary N) is 1. The van der Waals surface area contributed by atoms with Gasteiger partial charge in [0.15, 0.2) is 36.3 Å². The average molecular weight is 882 g/mol. The van der Waals surface area contributed by atoms with Gasteiger partial charge in [-0.05, 0) is 53.3 Å². The number of carbonyl (C=O) groups is 1. The minimum atomic E-state index is -5.31. The number of aromatic nitrogens is 6. The number of alkyl halides is 2. The van der Waals surface area contributed by atoms with Gasteiger partial charge in [-0.15, -0.1) is 0 Å². The van der Waals surface area contributed by atoms with E-state index in [1.807, 2.05) is 4.98 Å². The summed E-state index contributed by atoms with van der Waals surface area (Å²) < 4.78 is 102. The number of imidazole rings is 1. The van der Waals surface area contributed by atoms with Crippen LogP contribution in [0.5, 0.6) is 11.5 Å². The van der Waals surface area contributed by atoms with Crippen molar-refractivity contribution in [3.63, 3.8) is 0 Å². The van der Waals surface area contributed by atoms with Gasteiger partial charge in [0.1, 0.15) is 47.8 Å². The summed E-state index contributed by atoms with van der Waals surface area (Å²) >= 11 is 0.561. The van der Waals surface area contributed by atoms with Crippen LogP contribution in [0, 0.1) is 0 Å². The molecule has 0 aliphatic carbocycles. The van der Waals surface area contributed by atoms with Crippen LogP contribution in [0.4, 0.5) is 14.6 Å². The van der Waals surface area contributed by atoms with Gasteiger partial charge in [0.25, 0.3) is 5.56 Å². The predicted molar refractivity (Wildman–Crippen MR) is 199 cm³/mol. The third kappa shape index (κ3) is 8.59. The molecule has 21 nitrogen and oxygen atoms in total. The number of hydrogen-bond donors (Lipinski definition) is 4. The highest BCUT2D eigenvalue weighted by molar-refractivity contribution is 8.54. The first kappa shape index (κ1) is 40.9. The van der Waals surface area contributed by atoms with Crippen LogP contribution < -0.4 is 21.7 Å². The summed E-state index contributed by atoms with van der Waals surface area (Å²) in [5.41, 5.74) is 4.85. The molecule has 3 aliphatic heterocycles.